The van der Waals surface area contributed by atoms with Crippen molar-refractivity contribution in [3.8, 4) is 0 Å². The summed E-state index contributed by atoms with van der Waals surface area (Å²) in [5.74, 6) is 0. The molecule has 1 aliphatic rings. The van der Waals surface area contributed by atoms with Gasteiger partial charge < -0.3 is 4.90 Å². The molecule has 0 radical (unpaired) electrons. The van der Waals surface area contributed by atoms with Crippen LogP contribution in [0.25, 0.3) is 10.4 Å². The second-order valence-electron chi connectivity index (χ2n) is 4.52. The van der Waals surface area contributed by atoms with E-state index in [1.165, 1.54) is 25.9 Å². The smallest absolute Gasteiger partial charge is 0.0270 e. The number of hydrogen-bond donors (Lipinski definition) is 0. The molecule has 1 aliphatic heterocycles. The Morgan fingerprint density at radius 3 is 2.94 bits per heavy atom. The third-order valence-electron chi connectivity index (χ3n) is 3.26. The maximum Gasteiger partial charge on any atom is 0.0270 e. The summed E-state index contributed by atoms with van der Waals surface area (Å²) in [5.41, 5.74) is 8.22. The van der Waals surface area contributed by atoms with E-state index in [0.29, 0.717) is 12.6 Å². The fourth-order valence-electron chi connectivity index (χ4n) is 2.36. The molecule has 0 aromatic heterocycles. The van der Waals surface area contributed by atoms with E-state index < -0.39 is 0 Å². The summed E-state index contributed by atoms with van der Waals surface area (Å²) in [6.07, 6.45) is 3.42. The molecular formula is C11H23N5. The molecule has 0 saturated carbocycles. The van der Waals surface area contributed by atoms with Crippen LogP contribution in [0.5, 0.6) is 0 Å². The first kappa shape index (κ1) is 13.3. The molecule has 0 spiro atoms. The minimum atomic E-state index is 0.624. The monoisotopic (exact) mass is 225 g/mol. The highest BCUT2D eigenvalue weighted by Crippen LogP contribution is 2.12. The van der Waals surface area contributed by atoms with Crippen LogP contribution in [0.4, 0.5) is 0 Å². The molecule has 0 bridgehead atoms. The standard InChI is InChI=1S/C11H23N5/c1-3-11-10-15(2)7-5-9-16(11)8-4-6-13-14-12/h11H,3-10H2,1-2H3. The van der Waals surface area contributed by atoms with Crippen molar-refractivity contribution >= 4 is 0 Å². The van der Waals surface area contributed by atoms with Gasteiger partial charge in [0.15, 0.2) is 0 Å². The van der Waals surface area contributed by atoms with Gasteiger partial charge in [-0.1, -0.05) is 12.0 Å². The predicted octanol–water partition coefficient (Wildman–Crippen LogP) is 2.10. The van der Waals surface area contributed by atoms with Crippen LogP contribution in [0.3, 0.4) is 0 Å². The minimum absolute atomic E-state index is 0.624. The second kappa shape index (κ2) is 7.49. The lowest BCUT2D eigenvalue weighted by atomic mass is 10.2. The lowest BCUT2D eigenvalue weighted by Gasteiger charge is -2.29. The molecule has 1 rings (SSSR count). The Kier molecular flexibility index (Phi) is 6.23. The Morgan fingerprint density at radius 1 is 1.44 bits per heavy atom. The zero-order valence-corrected chi connectivity index (χ0v) is 10.5. The van der Waals surface area contributed by atoms with Crippen LogP contribution in [0, 0.1) is 0 Å². The van der Waals surface area contributed by atoms with Crippen molar-refractivity contribution in [3.63, 3.8) is 0 Å². The normalized spacial score (nSPS) is 23.8. The van der Waals surface area contributed by atoms with Crippen LogP contribution in [0.2, 0.25) is 0 Å². The highest BCUT2D eigenvalue weighted by Gasteiger charge is 2.20. The van der Waals surface area contributed by atoms with Crippen LogP contribution in [0.1, 0.15) is 26.2 Å². The van der Waals surface area contributed by atoms with Crippen LogP contribution in [-0.4, -0.2) is 55.6 Å². The molecule has 1 saturated heterocycles. The van der Waals surface area contributed by atoms with Crippen molar-refractivity contribution in [2.24, 2.45) is 5.11 Å². The fraction of sp³-hybridized carbons (Fsp3) is 1.00. The molecule has 1 fully saturated rings. The molecule has 0 aliphatic carbocycles. The van der Waals surface area contributed by atoms with Crippen molar-refractivity contribution in [3.05, 3.63) is 10.4 Å². The lowest BCUT2D eigenvalue weighted by molar-refractivity contribution is 0.182. The molecule has 0 amide bonds. The molecule has 1 unspecified atom stereocenters. The Bertz CT molecular complexity index is 237. The molecule has 92 valence electrons. The first-order chi connectivity index (χ1) is 7.77. The zero-order valence-electron chi connectivity index (χ0n) is 10.5. The summed E-state index contributed by atoms with van der Waals surface area (Å²) in [6, 6.07) is 0.665. The molecule has 1 atom stereocenters. The van der Waals surface area contributed by atoms with E-state index in [1.54, 1.807) is 0 Å². The largest absolute Gasteiger partial charge is 0.305 e. The first-order valence-electron chi connectivity index (χ1n) is 6.21. The maximum absolute atomic E-state index is 8.22. The van der Waals surface area contributed by atoms with Gasteiger partial charge in [0.25, 0.3) is 0 Å². The topological polar surface area (TPSA) is 55.2 Å². The Morgan fingerprint density at radius 2 is 2.25 bits per heavy atom. The summed E-state index contributed by atoms with van der Waals surface area (Å²) in [6.45, 7) is 7.48. The van der Waals surface area contributed by atoms with E-state index in [0.717, 1.165) is 19.5 Å². The average Bonchev–Trinajstić information content (AvgIpc) is 2.46. The highest BCUT2D eigenvalue weighted by molar-refractivity contribution is 4.77. The van der Waals surface area contributed by atoms with Crippen molar-refractivity contribution in [2.45, 2.75) is 32.2 Å². The highest BCUT2D eigenvalue weighted by atomic mass is 15.2. The van der Waals surface area contributed by atoms with E-state index in [2.05, 4.69) is 33.8 Å². The van der Waals surface area contributed by atoms with E-state index >= 15 is 0 Å². The van der Waals surface area contributed by atoms with Crippen LogP contribution >= 0.6 is 0 Å². The van der Waals surface area contributed by atoms with Crippen molar-refractivity contribution < 1.29 is 0 Å². The summed E-state index contributed by atoms with van der Waals surface area (Å²) in [7, 11) is 2.20. The fourth-order valence-corrected chi connectivity index (χ4v) is 2.36. The van der Waals surface area contributed by atoms with Crippen LogP contribution in [-0.2, 0) is 0 Å². The van der Waals surface area contributed by atoms with Crippen molar-refractivity contribution in [1.29, 1.82) is 0 Å². The average molecular weight is 225 g/mol. The van der Waals surface area contributed by atoms with Crippen LogP contribution in [0.15, 0.2) is 5.11 Å². The summed E-state index contributed by atoms with van der Waals surface area (Å²) < 4.78 is 0. The van der Waals surface area contributed by atoms with E-state index in [1.807, 2.05) is 0 Å². The Balaban J connectivity index is 2.38. The SMILES string of the molecule is CCC1CN(C)CCCN1CCCN=[N+]=[N-]. The molecule has 0 aromatic carbocycles. The van der Waals surface area contributed by atoms with Gasteiger partial charge in [0.05, 0.1) is 0 Å². The summed E-state index contributed by atoms with van der Waals surface area (Å²) in [4.78, 5) is 7.76. The molecule has 0 N–H and O–H groups in total. The summed E-state index contributed by atoms with van der Waals surface area (Å²) in [5, 5.41) is 3.59. The van der Waals surface area contributed by atoms with E-state index in [-0.39, 0.29) is 0 Å². The van der Waals surface area contributed by atoms with E-state index in [9.17, 15) is 0 Å². The first-order valence-corrected chi connectivity index (χ1v) is 6.21. The third-order valence-corrected chi connectivity index (χ3v) is 3.26. The molecular weight excluding hydrogens is 202 g/mol. The number of nitrogens with zero attached hydrogens (tertiary/aromatic N) is 5. The summed E-state index contributed by atoms with van der Waals surface area (Å²) >= 11 is 0. The van der Waals surface area contributed by atoms with Gasteiger partial charge in [0.2, 0.25) is 0 Å². The second-order valence-corrected chi connectivity index (χ2v) is 4.52. The predicted molar refractivity (Wildman–Crippen MR) is 66.4 cm³/mol. The van der Waals surface area contributed by atoms with Gasteiger partial charge in [-0.05, 0) is 51.5 Å². The third kappa shape index (κ3) is 4.39. The number of likely N-dealkylation sites (N-methyl/N-ethyl adjacent to an activating group) is 1. The van der Waals surface area contributed by atoms with Crippen molar-refractivity contribution in [2.75, 3.05) is 39.8 Å². The number of rotatable bonds is 5. The molecule has 5 nitrogen and oxygen atoms in total. The number of azide groups is 1. The zero-order chi connectivity index (χ0) is 11.8. The molecule has 16 heavy (non-hydrogen) atoms. The molecule has 0 aromatic rings. The molecule has 1 heterocycles. The Labute approximate surface area is 98.0 Å². The minimum Gasteiger partial charge on any atom is -0.305 e. The van der Waals surface area contributed by atoms with Gasteiger partial charge in [-0.15, -0.1) is 0 Å². The maximum atomic E-state index is 8.22. The van der Waals surface area contributed by atoms with Gasteiger partial charge in [-0.2, -0.15) is 0 Å². The quantitative estimate of drug-likeness (QED) is 0.311. The molecule has 5 heteroatoms. The van der Waals surface area contributed by atoms with Gasteiger partial charge in [0, 0.05) is 24.0 Å². The van der Waals surface area contributed by atoms with E-state index in [4.69, 9.17) is 5.53 Å². The van der Waals surface area contributed by atoms with Crippen LogP contribution < -0.4 is 0 Å². The Hall–Kier alpha value is -0.770. The lowest BCUT2D eigenvalue weighted by Crippen LogP contribution is -2.40. The van der Waals surface area contributed by atoms with Gasteiger partial charge in [-0.25, -0.2) is 0 Å². The van der Waals surface area contributed by atoms with Gasteiger partial charge in [-0.3, -0.25) is 4.90 Å². The van der Waals surface area contributed by atoms with Gasteiger partial charge in [0.1, 0.15) is 0 Å². The number of hydrogen-bond acceptors (Lipinski definition) is 3. The van der Waals surface area contributed by atoms with Gasteiger partial charge >= 0.3 is 0 Å². The van der Waals surface area contributed by atoms with Crippen molar-refractivity contribution in [1.82, 2.24) is 9.80 Å².